The van der Waals surface area contributed by atoms with Crippen LogP contribution in [-0.4, -0.2) is 48.5 Å². The highest BCUT2D eigenvalue weighted by molar-refractivity contribution is 8.01. The monoisotopic (exact) mass is 236 g/mol. The van der Waals surface area contributed by atoms with Crippen LogP contribution in [0.15, 0.2) is 0 Å². The maximum atomic E-state index is 10.8. The minimum atomic E-state index is -0.771. The molecule has 1 N–H and O–H groups in total. The quantitative estimate of drug-likeness (QED) is 0.617. The molecule has 0 unspecified atom stereocenters. The van der Waals surface area contributed by atoms with Crippen LogP contribution >= 0.6 is 11.8 Å². The average Bonchev–Trinajstić information content (AvgIpc) is 2.16. The number of methoxy groups -OCH3 is 1. The molecule has 0 fully saturated rings. The van der Waals surface area contributed by atoms with E-state index in [9.17, 15) is 4.79 Å². The van der Waals surface area contributed by atoms with Gasteiger partial charge >= 0.3 is 5.97 Å². The number of hydrogen-bond acceptors (Lipinski definition) is 4. The Morgan fingerprint density at radius 2 is 2.00 bits per heavy atom. The summed E-state index contributed by atoms with van der Waals surface area (Å²) in [4.78, 5) is 10.8. The molecule has 5 heteroatoms. The molecule has 0 radical (unpaired) electrons. The van der Waals surface area contributed by atoms with Gasteiger partial charge in [0.15, 0.2) is 0 Å². The van der Waals surface area contributed by atoms with Gasteiger partial charge in [-0.1, -0.05) is 0 Å². The summed E-state index contributed by atoms with van der Waals surface area (Å²) in [5.41, 5.74) is 0. The molecule has 0 saturated heterocycles. The molecule has 0 aliphatic carbocycles. The zero-order chi connectivity index (χ0) is 11.7. The summed E-state index contributed by atoms with van der Waals surface area (Å²) >= 11 is 1.44. The summed E-state index contributed by atoms with van der Waals surface area (Å²) in [6, 6.07) is 0. The first-order valence-electron chi connectivity index (χ1n) is 4.94. The summed E-state index contributed by atoms with van der Waals surface area (Å²) < 4.78 is 9.39. The van der Waals surface area contributed by atoms with Crippen LogP contribution in [0.4, 0.5) is 0 Å². The van der Waals surface area contributed by atoms with Gasteiger partial charge in [-0.15, -0.1) is 11.8 Å². The van der Waals surface area contributed by atoms with Crippen molar-refractivity contribution in [1.82, 2.24) is 0 Å². The lowest BCUT2D eigenvalue weighted by Gasteiger charge is -2.17. The van der Waals surface area contributed by atoms with Crippen molar-refractivity contribution in [3.8, 4) is 0 Å². The number of thioether (sulfide) groups is 1. The minimum absolute atomic E-state index is 0.601. The third kappa shape index (κ3) is 7.64. The van der Waals surface area contributed by atoms with Crippen LogP contribution < -0.4 is 0 Å². The molecular weight excluding hydrogens is 216 g/mol. The van der Waals surface area contributed by atoms with E-state index in [0.717, 1.165) is 12.2 Å². The molecule has 0 aromatic heterocycles. The topological polar surface area (TPSA) is 55.8 Å². The van der Waals surface area contributed by atoms with Crippen molar-refractivity contribution in [3.63, 3.8) is 0 Å². The molecule has 0 amide bonds. The Balaban J connectivity index is 3.35. The van der Waals surface area contributed by atoms with Gasteiger partial charge in [0, 0.05) is 13.7 Å². The Morgan fingerprint density at radius 3 is 2.53 bits per heavy atom. The Kier molecular flexibility index (Phi) is 7.82. The summed E-state index contributed by atoms with van der Waals surface area (Å²) in [6.45, 7) is 5.29. The summed E-state index contributed by atoms with van der Waals surface area (Å²) in [6.07, 6.45) is 0.866. The number of aliphatic carboxylic acids is 1. The second-order valence-electron chi connectivity index (χ2n) is 3.62. The molecule has 0 aromatic rings. The van der Waals surface area contributed by atoms with Gasteiger partial charge in [-0.05, 0) is 26.0 Å². The third-order valence-electron chi connectivity index (χ3n) is 1.84. The highest BCUT2D eigenvalue weighted by Crippen LogP contribution is 2.24. The van der Waals surface area contributed by atoms with E-state index in [4.69, 9.17) is 14.6 Å². The van der Waals surface area contributed by atoms with Crippen molar-refractivity contribution in [2.45, 2.75) is 25.0 Å². The highest BCUT2D eigenvalue weighted by Gasteiger charge is 2.26. The molecule has 0 aliphatic heterocycles. The lowest BCUT2D eigenvalue weighted by atomic mass is 10.2. The fourth-order valence-corrected chi connectivity index (χ4v) is 1.69. The molecule has 0 aliphatic rings. The Labute approximate surface area is 95.3 Å². The Hall–Kier alpha value is -0.260. The lowest BCUT2D eigenvalue weighted by molar-refractivity contribution is -0.138. The normalized spacial score (nSPS) is 11.7. The van der Waals surface area contributed by atoms with Crippen molar-refractivity contribution in [1.29, 1.82) is 0 Å². The van der Waals surface area contributed by atoms with E-state index in [0.29, 0.717) is 19.8 Å². The maximum Gasteiger partial charge on any atom is 0.319 e. The first kappa shape index (κ1) is 14.7. The molecule has 0 spiro atoms. The molecule has 0 heterocycles. The van der Waals surface area contributed by atoms with E-state index in [1.54, 1.807) is 21.0 Å². The number of carbonyl (C=O) groups is 1. The molecule has 0 rings (SSSR count). The molecule has 0 bridgehead atoms. The largest absolute Gasteiger partial charge is 0.480 e. The van der Waals surface area contributed by atoms with Crippen LogP contribution in [0.3, 0.4) is 0 Å². The Bertz CT molecular complexity index is 182. The number of carboxylic acids is 1. The van der Waals surface area contributed by atoms with E-state index in [2.05, 4.69) is 0 Å². The van der Waals surface area contributed by atoms with Crippen LogP contribution in [0.25, 0.3) is 0 Å². The highest BCUT2D eigenvalue weighted by atomic mass is 32.2. The molecule has 15 heavy (non-hydrogen) atoms. The van der Waals surface area contributed by atoms with Crippen molar-refractivity contribution < 1.29 is 19.4 Å². The summed E-state index contributed by atoms with van der Waals surface area (Å²) in [5.74, 6) is 0.0273. The SMILES string of the molecule is COCCOCCCSC(C)(C)C(=O)O. The van der Waals surface area contributed by atoms with Gasteiger partial charge in [0.2, 0.25) is 0 Å². The van der Waals surface area contributed by atoms with E-state index >= 15 is 0 Å². The molecular formula is C10H20O4S. The predicted octanol–water partition coefficient (Wildman–Crippen LogP) is 1.64. The minimum Gasteiger partial charge on any atom is -0.480 e. The number of rotatable bonds is 9. The van der Waals surface area contributed by atoms with Crippen LogP contribution in [-0.2, 0) is 14.3 Å². The number of ether oxygens (including phenoxy) is 2. The molecule has 0 saturated carbocycles. The van der Waals surface area contributed by atoms with Gasteiger partial charge in [0.1, 0.15) is 4.75 Å². The van der Waals surface area contributed by atoms with E-state index in [-0.39, 0.29) is 0 Å². The van der Waals surface area contributed by atoms with E-state index < -0.39 is 10.7 Å². The lowest BCUT2D eigenvalue weighted by Crippen LogP contribution is -2.27. The standard InChI is InChI=1S/C10H20O4S/c1-10(2,9(11)12)15-8-4-5-14-7-6-13-3/h4-8H2,1-3H3,(H,11,12). The first-order chi connectivity index (χ1) is 7.00. The van der Waals surface area contributed by atoms with Crippen molar-refractivity contribution in [2.75, 3.05) is 32.7 Å². The molecule has 0 aromatic carbocycles. The first-order valence-corrected chi connectivity index (χ1v) is 5.93. The van der Waals surface area contributed by atoms with Crippen molar-refractivity contribution in [3.05, 3.63) is 0 Å². The second-order valence-corrected chi connectivity index (χ2v) is 5.34. The molecule has 90 valence electrons. The molecule has 0 atom stereocenters. The average molecular weight is 236 g/mol. The smallest absolute Gasteiger partial charge is 0.319 e. The van der Waals surface area contributed by atoms with Crippen molar-refractivity contribution >= 4 is 17.7 Å². The zero-order valence-electron chi connectivity index (χ0n) is 9.62. The van der Waals surface area contributed by atoms with E-state index in [1.165, 1.54) is 11.8 Å². The number of carboxylic acid groups (broad SMARTS) is 1. The van der Waals surface area contributed by atoms with Gasteiger partial charge in [-0.25, -0.2) is 0 Å². The summed E-state index contributed by atoms with van der Waals surface area (Å²) in [5, 5.41) is 8.85. The van der Waals surface area contributed by atoms with Crippen LogP contribution in [0, 0.1) is 0 Å². The van der Waals surface area contributed by atoms with Crippen LogP contribution in [0.5, 0.6) is 0 Å². The Morgan fingerprint density at radius 1 is 1.33 bits per heavy atom. The third-order valence-corrected chi connectivity index (χ3v) is 3.23. The van der Waals surface area contributed by atoms with Crippen LogP contribution in [0.2, 0.25) is 0 Å². The fourth-order valence-electron chi connectivity index (χ4n) is 0.794. The van der Waals surface area contributed by atoms with Gasteiger partial charge in [-0.3, -0.25) is 4.79 Å². The van der Waals surface area contributed by atoms with E-state index in [1.807, 2.05) is 0 Å². The zero-order valence-corrected chi connectivity index (χ0v) is 10.4. The fraction of sp³-hybridized carbons (Fsp3) is 0.900. The summed E-state index contributed by atoms with van der Waals surface area (Å²) in [7, 11) is 1.63. The van der Waals surface area contributed by atoms with Gasteiger partial charge in [0.25, 0.3) is 0 Å². The maximum absolute atomic E-state index is 10.8. The van der Waals surface area contributed by atoms with Gasteiger partial charge in [-0.2, -0.15) is 0 Å². The van der Waals surface area contributed by atoms with Gasteiger partial charge < -0.3 is 14.6 Å². The molecule has 4 nitrogen and oxygen atoms in total. The predicted molar refractivity (Wildman–Crippen MR) is 61.5 cm³/mol. The second kappa shape index (κ2) is 7.96. The number of hydrogen-bond donors (Lipinski definition) is 1. The van der Waals surface area contributed by atoms with Gasteiger partial charge in [0.05, 0.1) is 13.2 Å². The van der Waals surface area contributed by atoms with Crippen molar-refractivity contribution in [2.24, 2.45) is 0 Å². The van der Waals surface area contributed by atoms with Crippen LogP contribution in [0.1, 0.15) is 20.3 Å².